The number of ether oxygens (including phenoxy) is 1. The minimum atomic E-state index is -0.497. The molecule has 0 bridgehead atoms. The van der Waals surface area contributed by atoms with Crippen LogP contribution in [0.25, 0.3) is 0 Å². The highest BCUT2D eigenvalue weighted by Crippen LogP contribution is 2.25. The minimum Gasteiger partial charge on any atom is -0.421 e. The maximum atomic E-state index is 13.7. The third kappa shape index (κ3) is 4.11. The first-order valence-corrected chi connectivity index (χ1v) is 8.51. The molecule has 27 heavy (non-hydrogen) atoms. The van der Waals surface area contributed by atoms with Gasteiger partial charge in [-0.3, -0.25) is 4.79 Å². The molecule has 5 nitrogen and oxygen atoms in total. The number of benzene rings is 2. The number of hydrogen-bond acceptors (Lipinski definition) is 4. The third-order valence-corrected chi connectivity index (χ3v) is 4.30. The van der Waals surface area contributed by atoms with E-state index in [1.807, 2.05) is 26.0 Å². The van der Waals surface area contributed by atoms with Gasteiger partial charge in [-0.1, -0.05) is 18.2 Å². The van der Waals surface area contributed by atoms with Crippen LogP contribution in [0.1, 0.15) is 32.9 Å². The Hall–Kier alpha value is -3.28. The second-order valence-electron chi connectivity index (χ2n) is 6.34. The van der Waals surface area contributed by atoms with Crippen molar-refractivity contribution < 1.29 is 13.9 Å². The molecule has 2 aromatic carbocycles. The molecule has 0 saturated carbocycles. The number of amides is 1. The Labute approximate surface area is 157 Å². The van der Waals surface area contributed by atoms with Gasteiger partial charge in [-0.05, 0) is 63.1 Å². The fourth-order valence-electron chi connectivity index (χ4n) is 2.61. The van der Waals surface area contributed by atoms with Gasteiger partial charge in [0.15, 0.2) is 11.6 Å². The first-order valence-electron chi connectivity index (χ1n) is 8.51. The first-order chi connectivity index (χ1) is 12.8. The number of hydrogen-bond donors (Lipinski definition) is 1. The highest BCUT2D eigenvalue weighted by atomic mass is 19.1. The van der Waals surface area contributed by atoms with E-state index in [1.54, 1.807) is 32.0 Å². The van der Waals surface area contributed by atoms with Crippen LogP contribution in [0.15, 0.2) is 42.5 Å². The zero-order chi connectivity index (χ0) is 19.6. The molecule has 1 aromatic heterocycles. The van der Waals surface area contributed by atoms with Crippen LogP contribution in [0, 0.1) is 33.5 Å². The lowest BCUT2D eigenvalue weighted by atomic mass is 10.1. The van der Waals surface area contributed by atoms with Gasteiger partial charge in [0.1, 0.15) is 0 Å². The number of aryl methyl sites for hydroxylation is 4. The van der Waals surface area contributed by atoms with E-state index < -0.39 is 5.82 Å². The largest absolute Gasteiger partial charge is 0.421 e. The van der Waals surface area contributed by atoms with E-state index in [9.17, 15) is 9.18 Å². The van der Waals surface area contributed by atoms with Gasteiger partial charge in [0, 0.05) is 5.56 Å². The second kappa shape index (κ2) is 7.53. The SMILES string of the molecule is Cc1ccc(C(=O)Nc2c(C)nc(Oc3ccccc3F)nc2C)cc1C. The first kappa shape index (κ1) is 18.5. The van der Waals surface area contributed by atoms with Crippen LogP contribution in [0.5, 0.6) is 11.8 Å². The summed E-state index contributed by atoms with van der Waals surface area (Å²) < 4.78 is 19.2. The van der Waals surface area contributed by atoms with Crippen molar-refractivity contribution in [3.05, 3.63) is 76.4 Å². The molecular weight excluding hydrogens is 345 g/mol. The number of nitrogens with zero attached hydrogens (tertiary/aromatic N) is 2. The number of carbonyl (C=O) groups is 1. The molecule has 0 saturated heterocycles. The van der Waals surface area contributed by atoms with Crippen LogP contribution >= 0.6 is 0 Å². The smallest absolute Gasteiger partial charge is 0.322 e. The quantitative estimate of drug-likeness (QED) is 0.715. The molecule has 3 aromatic rings. The molecule has 0 radical (unpaired) electrons. The average Bonchev–Trinajstić information content (AvgIpc) is 2.62. The molecule has 1 amide bonds. The molecule has 0 atom stereocenters. The predicted octanol–water partition coefficient (Wildman–Crippen LogP) is 4.89. The van der Waals surface area contributed by atoms with Crippen molar-refractivity contribution in [3.63, 3.8) is 0 Å². The van der Waals surface area contributed by atoms with Gasteiger partial charge in [-0.25, -0.2) is 4.39 Å². The lowest BCUT2D eigenvalue weighted by Gasteiger charge is -2.13. The molecule has 1 heterocycles. The Balaban J connectivity index is 1.83. The Morgan fingerprint density at radius 2 is 1.63 bits per heavy atom. The third-order valence-electron chi connectivity index (χ3n) is 4.30. The standard InChI is InChI=1S/C21H20FN3O2/c1-12-9-10-16(11-13(12)2)20(26)25-19-14(3)23-21(24-15(19)4)27-18-8-6-5-7-17(18)22/h5-11H,1-4H3,(H,25,26). The van der Waals surface area contributed by atoms with Gasteiger partial charge in [-0.15, -0.1) is 0 Å². The Bertz CT molecular complexity index is 995. The van der Waals surface area contributed by atoms with Crippen molar-refractivity contribution in [2.24, 2.45) is 0 Å². The number of halogens is 1. The molecule has 0 aliphatic rings. The van der Waals surface area contributed by atoms with E-state index in [0.717, 1.165) is 11.1 Å². The maximum absolute atomic E-state index is 13.7. The lowest BCUT2D eigenvalue weighted by molar-refractivity contribution is 0.102. The summed E-state index contributed by atoms with van der Waals surface area (Å²) in [6, 6.07) is 11.6. The number of aromatic nitrogens is 2. The molecule has 6 heteroatoms. The van der Waals surface area contributed by atoms with Crippen molar-refractivity contribution in [3.8, 4) is 11.8 Å². The summed E-state index contributed by atoms with van der Waals surface area (Å²) in [4.78, 5) is 21.0. The number of carbonyl (C=O) groups excluding carboxylic acids is 1. The van der Waals surface area contributed by atoms with Crippen LogP contribution in [0.3, 0.4) is 0 Å². The monoisotopic (exact) mass is 365 g/mol. The molecule has 0 fully saturated rings. The summed E-state index contributed by atoms with van der Waals surface area (Å²) in [6.45, 7) is 7.42. The number of anilines is 1. The summed E-state index contributed by atoms with van der Waals surface area (Å²) in [6.07, 6.45) is 0. The Morgan fingerprint density at radius 1 is 0.963 bits per heavy atom. The summed E-state index contributed by atoms with van der Waals surface area (Å²) in [5.41, 5.74) is 4.30. The molecule has 138 valence electrons. The fourth-order valence-corrected chi connectivity index (χ4v) is 2.61. The summed E-state index contributed by atoms with van der Waals surface area (Å²) >= 11 is 0. The average molecular weight is 365 g/mol. The zero-order valence-electron chi connectivity index (χ0n) is 15.6. The van der Waals surface area contributed by atoms with Crippen molar-refractivity contribution in [2.45, 2.75) is 27.7 Å². The Morgan fingerprint density at radius 3 is 2.26 bits per heavy atom. The summed E-state index contributed by atoms with van der Waals surface area (Å²) in [7, 11) is 0. The van der Waals surface area contributed by atoms with Crippen LogP contribution in [0.2, 0.25) is 0 Å². The van der Waals surface area contributed by atoms with Gasteiger partial charge in [0.05, 0.1) is 17.1 Å². The highest BCUT2D eigenvalue weighted by Gasteiger charge is 2.15. The molecule has 0 spiro atoms. The van der Waals surface area contributed by atoms with Crippen molar-refractivity contribution >= 4 is 11.6 Å². The van der Waals surface area contributed by atoms with Crippen molar-refractivity contribution in [1.82, 2.24) is 9.97 Å². The van der Waals surface area contributed by atoms with Gasteiger partial charge in [0.2, 0.25) is 0 Å². The van der Waals surface area contributed by atoms with Crippen molar-refractivity contribution in [1.29, 1.82) is 0 Å². The van der Waals surface area contributed by atoms with E-state index >= 15 is 0 Å². The number of para-hydroxylation sites is 1. The molecule has 1 N–H and O–H groups in total. The topological polar surface area (TPSA) is 64.1 Å². The van der Waals surface area contributed by atoms with Crippen LogP contribution < -0.4 is 10.1 Å². The summed E-state index contributed by atoms with van der Waals surface area (Å²) in [5, 5.41) is 2.85. The number of nitrogens with one attached hydrogen (secondary N) is 1. The highest BCUT2D eigenvalue weighted by molar-refractivity contribution is 6.05. The minimum absolute atomic E-state index is 0.0271. The van der Waals surface area contributed by atoms with E-state index in [1.165, 1.54) is 12.1 Å². The van der Waals surface area contributed by atoms with E-state index in [-0.39, 0.29) is 17.7 Å². The fraction of sp³-hybridized carbons (Fsp3) is 0.190. The molecule has 0 unspecified atom stereocenters. The van der Waals surface area contributed by atoms with Gasteiger partial charge in [-0.2, -0.15) is 9.97 Å². The van der Waals surface area contributed by atoms with Gasteiger partial charge < -0.3 is 10.1 Å². The van der Waals surface area contributed by atoms with Gasteiger partial charge in [0.25, 0.3) is 5.91 Å². The Kier molecular flexibility index (Phi) is 5.16. The lowest BCUT2D eigenvalue weighted by Crippen LogP contribution is -2.15. The second-order valence-corrected chi connectivity index (χ2v) is 6.34. The molecular formula is C21H20FN3O2. The maximum Gasteiger partial charge on any atom is 0.322 e. The molecule has 0 aliphatic heterocycles. The zero-order valence-corrected chi connectivity index (χ0v) is 15.6. The molecule has 0 aliphatic carbocycles. The normalized spacial score (nSPS) is 10.6. The number of rotatable bonds is 4. The van der Waals surface area contributed by atoms with Crippen LogP contribution in [-0.4, -0.2) is 15.9 Å². The molecule has 3 rings (SSSR count). The van der Waals surface area contributed by atoms with E-state index in [4.69, 9.17) is 4.74 Å². The van der Waals surface area contributed by atoms with Crippen LogP contribution in [-0.2, 0) is 0 Å². The van der Waals surface area contributed by atoms with Gasteiger partial charge >= 0.3 is 6.01 Å². The van der Waals surface area contributed by atoms with E-state index in [0.29, 0.717) is 22.6 Å². The predicted molar refractivity (Wildman–Crippen MR) is 102 cm³/mol. The van der Waals surface area contributed by atoms with E-state index in [2.05, 4.69) is 15.3 Å². The van der Waals surface area contributed by atoms with Crippen LogP contribution in [0.4, 0.5) is 10.1 Å². The van der Waals surface area contributed by atoms with Crippen molar-refractivity contribution in [2.75, 3.05) is 5.32 Å². The summed E-state index contributed by atoms with van der Waals surface area (Å²) in [5.74, 6) is -0.692.